The zero-order valence-electron chi connectivity index (χ0n) is 11.4. The molecule has 2 heterocycles. The molecule has 0 aromatic rings. The van der Waals surface area contributed by atoms with Crippen molar-refractivity contribution in [1.29, 1.82) is 0 Å². The van der Waals surface area contributed by atoms with Crippen LogP contribution in [0.4, 0.5) is 0 Å². The summed E-state index contributed by atoms with van der Waals surface area (Å²) in [6.07, 6.45) is 3.08. The van der Waals surface area contributed by atoms with Gasteiger partial charge in [0.25, 0.3) is 0 Å². The molecular weight excluding hydrogens is 282 g/mol. The molecular formula is C12H21N3O4S. The van der Waals surface area contributed by atoms with Crippen LogP contribution in [-0.4, -0.2) is 54.4 Å². The molecule has 0 spiro atoms. The fraction of sp³-hybridized carbons (Fsp3) is 0.833. The minimum Gasteiger partial charge on any atom is -0.409 e. The summed E-state index contributed by atoms with van der Waals surface area (Å²) in [6, 6.07) is 0. The van der Waals surface area contributed by atoms with E-state index in [1.54, 1.807) is 4.90 Å². The van der Waals surface area contributed by atoms with Gasteiger partial charge in [0.1, 0.15) is 11.1 Å². The molecule has 0 saturated carbocycles. The van der Waals surface area contributed by atoms with Gasteiger partial charge in [-0.2, -0.15) is 0 Å². The zero-order chi connectivity index (χ0) is 14.8. The van der Waals surface area contributed by atoms with Crippen molar-refractivity contribution in [3.05, 3.63) is 0 Å². The van der Waals surface area contributed by atoms with E-state index in [1.165, 1.54) is 0 Å². The fourth-order valence-electron chi connectivity index (χ4n) is 2.91. The number of hydrogen-bond acceptors (Lipinski definition) is 5. The minimum absolute atomic E-state index is 0.0352. The van der Waals surface area contributed by atoms with Gasteiger partial charge in [-0.1, -0.05) is 11.6 Å². The summed E-state index contributed by atoms with van der Waals surface area (Å²) < 4.78 is 23.9. The molecule has 1 amide bonds. The van der Waals surface area contributed by atoms with Crippen LogP contribution in [0.3, 0.4) is 0 Å². The Bertz CT molecular complexity index is 495. The molecule has 7 nitrogen and oxygen atoms in total. The highest BCUT2D eigenvalue weighted by molar-refractivity contribution is 7.92. The Morgan fingerprint density at radius 2 is 1.85 bits per heavy atom. The van der Waals surface area contributed by atoms with Crippen molar-refractivity contribution in [2.75, 3.05) is 18.8 Å². The Morgan fingerprint density at radius 3 is 2.40 bits per heavy atom. The first kappa shape index (κ1) is 15.1. The third-order valence-electron chi connectivity index (χ3n) is 4.19. The van der Waals surface area contributed by atoms with E-state index in [0.29, 0.717) is 38.8 Å². The Morgan fingerprint density at radius 1 is 1.20 bits per heavy atom. The standard InChI is InChI=1S/C12H21N3O4S/c13-11(14-17)9-4-6-15(7-5-9)12(16)10-3-1-2-8-20(10,18)19/h9-10,17H,1-8H2,(H2,13,14). The average molecular weight is 303 g/mol. The smallest absolute Gasteiger partial charge is 0.240 e. The maximum absolute atomic E-state index is 12.4. The summed E-state index contributed by atoms with van der Waals surface area (Å²) in [5.41, 5.74) is 5.56. The van der Waals surface area contributed by atoms with Crippen molar-refractivity contribution in [3.8, 4) is 0 Å². The quantitative estimate of drug-likeness (QED) is 0.321. The third kappa shape index (κ3) is 3.05. The van der Waals surface area contributed by atoms with Crippen LogP contribution >= 0.6 is 0 Å². The lowest BCUT2D eigenvalue weighted by molar-refractivity contribution is -0.132. The van der Waals surface area contributed by atoms with Gasteiger partial charge in [-0.15, -0.1) is 0 Å². The second-order valence-corrected chi connectivity index (χ2v) is 7.78. The van der Waals surface area contributed by atoms with Crippen LogP contribution in [0.1, 0.15) is 32.1 Å². The van der Waals surface area contributed by atoms with Gasteiger partial charge in [-0.25, -0.2) is 8.42 Å². The van der Waals surface area contributed by atoms with Gasteiger partial charge in [0.2, 0.25) is 5.91 Å². The normalized spacial score (nSPS) is 28.3. The number of oxime groups is 1. The van der Waals surface area contributed by atoms with Crippen LogP contribution in [0, 0.1) is 5.92 Å². The van der Waals surface area contributed by atoms with Crippen molar-refractivity contribution >= 4 is 21.6 Å². The van der Waals surface area contributed by atoms with E-state index >= 15 is 0 Å². The summed E-state index contributed by atoms with van der Waals surface area (Å²) in [4.78, 5) is 14.0. The van der Waals surface area contributed by atoms with Crippen molar-refractivity contribution in [3.63, 3.8) is 0 Å². The molecule has 2 aliphatic rings. The molecule has 0 bridgehead atoms. The molecule has 2 rings (SSSR count). The number of carbonyl (C=O) groups is 1. The van der Waals surface area contributed by atoms with Crippen LogP contribution in [0.15, 0.2) is 5.16 Å². The molecule has 2 fully saturated rings. The Balaban J connectivity index is 1.98. The topological polar surface area (TPSA) is 113 Å². The Kier molecular flexibility index (Phi) is 4.52. The lowest BCUT2D eigenvalue weighted by Gasteiger charge is -2.34. The van der Waals surface area contributed by atoms with E-state index in [4.69, 9.17) is 10.9 Å². The summed E-state index contributed by atoms with van der Waals surface area (Å²) in [6.45, 7) is 0.928. The van der Waals surface area contributed by atoms with Crippen molar-refractivity contribution in [2.24, 2.45) is 16.8 Å². The van der Waals surface area contributed by atoms with E-state index in [2.05, 4.69) is 5.16 Å². The number of carbonyl (C=O) groups excluding carboxylic acids is 1. The van der Waals surface area contributed by atoms with Crippen LogP contribution in [0.2, 0.25) is 0 Å². The van der Waals surface area contributed by atoms with E-state index in [1.807, 2.05) is 0 Å². The SMILES string of the molecule is NC(=NO)C1CCN(C(=O)C2CCCCS2(=O)=O)CC1. The maximum atomic E-state index is 12.4. The van der Waals surface area contributed by atoms with Crippen molar-refractivity contribution < 1.29 is 18.4 Å². The average Bonchev–Trinajstić information content (AvgIpc) is 2.45. The highest BCUT2D eigenvalue weighted by atomic mass is 32.2. The second-order valence-electron chi connectivity index (χ2n) is 5.48. The number of amidine groups is 1. The van der Waals surface area contributed by atoms with Crippen molar-refractivity contribution in [1.82, 2.24) is 4.90 Å². The molecule has 1 atom stereocenters. The first-order valence-electron chi connectivity index (χ1n) is 6.93. The molecule has 114 valence electrons. The number of nitrogens with two attached hydrogens (primary N) is 1. The second kappa shape index (κ2) is 5.99. The minimum atomic E-state index is -3.29. The fourth-order valence-corrected chi connectivity index (χ4v) is 4.79. The molecule has 1 unspecified atom stereocenters. The molecule has 0 aromatic heterocycles. The Labute approximate surface area is 118 Å². The zero-order valence-corrected chi connectivity index (χ0v) is 12.2. The van der Waals surface area contributed by atoms with Crippen LogP contribution < -0.4 is 5.73 Å². The summed E-state index contributed by atoms with van der Waals surface area (Å²) in [5, 5.41) is 10.8. The van der Waals surface area contributed by atoms with E-state index in [-0.39, 0.29) is 23.4 Å². The molecule has 2 saturated heterocycles. The van der Waals surface area contributed by atoms with E-state index in [9.17, 15) is 13.2 Å². The van der Waals surface area contributed by atoms with Gasteiger partial charge in [0, 0.05) is 19.0 Å². The molecule has 0 radical (unpaired) electrons. The first-order chi connectivity index (χ1) is 9.45. The predicted octanol–water partition coefficient (Wildman–Crippen LogP) is -0.0613. The van der Waals surface area contributed by atoms with Crippen LogP contribution in [0.5, 0.6) is 0 Å². The lowest BCUT2D eigenvalue weighted by Crippen LogP contribution is -2.49. The molecule has 2 aliphatic heterocycles. The molecule has 3 N–H and O–H groups in total. The highest BCUT2D eigenvalue weighted by Crippen LogP contribution is 2.24. The molecule has 0 aromatic carbocycles. The van der Waals surface area contributed by atoms with Crippen LogP contribution in [-0.2, 0) is 14.6 Å². The van der Waals surface area contributed by atoms with Gasteiger partial charge in [-0.05, 0) is 25.7 Å². The van der Waals surface area contributed by atoms with Gasteiger partial charge >= 0.3 is 0 Å². The number of hydrogen-bond donors (Lipinski definition) is 2. The van der Waals surface area contributed by atoms with E-state index < -0.39 is 15.1 Å². The van der Waals surface area contributed by atoms with Crippen molar-refractivity contribution in [2.45, 2.75) is 37.4 Å². The number of piperidine rings is 1. The predicted molar refractivity (Wildman–Crippen MR) is 74.1 cm³/mol. The van der Waals surface area contributed by atoms with Gasteiger partial charge in [0.05, 0.1) is 5.75 Å². The summed E-state index contributed by atoms with van der Waals surface area (Å²) in [5.74, 6) is -0.0127. The van der Waals surface area contributed by atoms with Gasteiger partial charge in [-0.3, -0.25) is 4.79 Å². The van der Waals surface area contributed by atoms with Gasteiger partial charge < -0.3 is 15.8 Å². The number of rotatable bonds is 2. The maximum Gasteiger partial charge on any atom is 0.240 e. The number of likely N-dealkylation sites (tertiary alicyclic amines) is 1. The van der Waals surface area contributed by atoms with E-state index in [0.717, 1.165) is 6.42 Å². The number of nitrogens with zero attached hydrogens (tertiary/aromatic N) is 2. The molecule has 20 heavy (non-hydrogen) atoms. The lowest BCUT2D eigenvalue weighted by atomic mass is 9.95. The monoisotopic (exact) mass is 303 g/mol. The Hall–Kier alpha value is -1.31. The molecule has 0 aliphatic carbocycles. The largest absolute Gasteiger partial charge is 0.409 e. The summed E-state index contributed by atoms with van der Waals surface area (Å²) in [7, 11) is -3.29. The number of amides is 1. The molecule has 8 heteroatoms. The first-order valence-corrected chi connectivity index (χ1v) is 8.65. The highest BCUT2D eigenvalue weighted by Gasteiger charge is 2.38. The van der Waals surface area contributed by atoms with Crippen LogP contribution in [0.25, 0.3) is 0 Å². The summed E-state index contributed by atoms with van der Waals surface area (Å²) >= 11 is 0. The van der Waals surface area contributed by atoms with Gasteiger partial charge in [0.15, 0.2) is 9.84 Å². The number of sulfone groups is 1. The third-order valence-corrected chi connectivity index (χ3v) is 6.36.